The van der Waals surface area contributed by atoms with Gasteiger partial charge in [-0.1, -0.05) is 25.8 Å². The van der Waals surface area contributed by atoms with E-state index in [-0.39, 0.29) is 11.9 Å². The van der Waals surface area contributed by atoms with Gasteiger partial charge < -0.3 is 20.8 Å². The number of aromatic nitrogens is 1. The van der Waals surface area contributed by atoms with E-state index in [0.29, 0.717) is 18.1 Å². The number of rotatable bonds is 2. The summed E-state index contributed by atoms with van der Waals surface area (Å²) >= 11 is 0. The summed E-state index contributed by atoms with van der Waals surface area (Å²) in [4.78, 5) is 16.5. The van der Waals surface area contributed by atoms with Crippen LogP contribution in [0.1, 0.15) is 38.0 Å². The molecule has 1 aliphatic heterocycles. The largest absolute Gasteiger partial charge is 0.447 e. The van der Waals surface area contributed by atoms with Gasteiger partial charge in [0.2, 0.25) is 5.91 Å². The van der Waals surface area contributed by atoms with Gasteiger partial charge in [-0.2, -0.15) is 4.98 Å². The van der Waals surface area contributed by atoms with E-state index < -0.39 is 5.54 Å². The third-order valence-corrected chi connectivity index (χ3v) is 4.22. The minimum atomic E-state index is -0.457. The van der Waals surface area contributed by atoms with Crippen LogP contribution in [-0.2, 0) is 11.2 Å². The van der Waals surface area contributed by atoms with Crippen molar-refractivity contribution in [3.05, 3.63) is 24.4 Å². The summed E-state index contributed by atoms with van der Waals surface area (Å²) in [6.45, 7) is 4.06. The molecule has 0 radical (unpaired) electrons. The maximum Gasteiger partial charge on any atom is 0.246 e. The zero-order valence-corrected chi connectivity index (χ0v) is 11.4. The predicted octanol–water partition coefficient (Wildman–Crippen LogP) is 1.10. The van der Waals surface area contributed by atoms with Crippen LogP contribution in [0.25, 0.3) is 0 Å². The highest BCUT2D eigenvalue weighted by molar-refractivity contribution is 5.88. The Bertz CT molecular complexity index is 531. The van der Waals surface area contributed by atoms with Crippen molar-refractivity contribution in [2.45, 2.75) is 50.1 Å². The number of amides is 1. The number of nitrogens with zero attached hydrogens (tertiary/aromatic N) is 1. The fourth-order valence-corrected chi connectivity index (χ4v) is 3.11. The summed E-state index contributed by atoms with van der Waals surface area (Å²) in [6, 6.07) is -0.201. The number of hydrogen-bond acceptors (Lipinski definition) is 5. The Hall–Kier alpha value is -1.98. The average molecular weight is 276 g/mol. The first-order valence-electron chi connectivity index (χ1n) is 7.07. The molecule has 1 aromatic heterocycles. The molecule has 6 heteroatoms. The molecule has 2 aliphatic rings. The lowest BCUT2D eigenvalue weighted by Gasteiger charge is -2.44. The second-order valence-corrected chi connectivity index (χ2v) is 5.69. The summed E-state index contributed by atoms with van der Waals surface area (Å²) < 4.78 is 5.23. The molecule has 6 nitrogen and oxygen atoms in total. The second kappa shape index (κ2) is 4.85. The van der Waals surface area contributed by atoms with Gasteiger partial charge in [0.1, 0.15) is 11.8 Å². The molecule has 1 unspecified atom stereocenters. The van der Waals surface area contributed by atoms with Gasteiger partial charge in [0.05, 0.1) is 12.5 Å². The molecule has 1 aromatic rings. The SMILES string of the molecule is C=C1NC2(CCCCC2)C(=O)NC1Cc1nc(N)co1. The van der Waals surface area contributed by atoms with Gasteiger partial charge in [-0.3, -0.25) is 4.79 Å². The zero-order valence-electron chi connectivity index (χ0n) is 11.4. The highest BCUT2D eigenvalue weighted by atomic mass is 16.3. The van der Waals surface area contributed by atoms with Crippen LogP contribution in [0.15, 0.2) is 23.0 Å². The highest BCUT2D eigenvalue weighted by Gasteiger charge is 2.44. The topological polar surface area (TPSA) is 93.2 Å². The fourth-order valence-electron chi connectivity index (χ4n) is 3.11. The quantitative estimate of drug-likeness (QED) is 0.752. The van der Waals surface area contributed by atoms with Crippen molar-refractivity contribution in [1.82, 2.24) is 15.6 Å². The van der Waals surface area contributed by atoms with E-state index in [1.807, 2.05) is 0 Å². The van der Waals surface area contributed by atoms with Crippen LogP contribution in [0, 0.1) is 0 Å². The molecular weight excluding hydrogens is 256 g/mol. The minimum absolute atomic E-state index is 0.0640. The van der Waals surface area contributed by atoms with Crippen LogP contribution in [0.2, 0.25) is 0 Å². The predicted molar refractivity (Wildman–Crippen MR) is 74.6 cm³/mol. The number of oxazole rings is 1. The molecule has 3 rings (SSSR count). The number of nitrogens with two attached hydrogens (primary N) is 1. The van der Waals surface area contributed by atoms with Gasteiger partial charge >= 0.3 is 0 Å². The molecule has 2 fully saturated rings. The van der Waals surface area contributed by atoms with Crippen LogP contribution in [0.4, 0.5) is 5.82 Å². The smallest absolute Gasteiger partial charge is 0.246 e. The van der Waals surface area contributed by atoms with Crippen molar-refractivity contribution in [1.29, 1.82) is 0 Å². The summed E-state index contributed by atoms with van der Waals surface area (Å²) in [7, 11) is 0. The van der Waals surface area contributed by atoms with E-state index in [1.54, 1.807) is 0 Å². The first kappa shape index (κ1) is 13.0. The number of carbonyl (C=O) groups is 1. The first-order chi connectivity index (χ1) is 9.59. The Labute approximate surface area is 117 Å². The summed E-state index contributed by atoms with van der Waals surface area (Å²) in [5.41, 5.74) is 5.89. The molecule has 1 atom stereocenters. The van der Waals surface area contributed by atoms with Crippen molar-refractivity contribution in [2.24, 2.45) is 0 Å². The van der Waals surface area contributed by atoms with E-state index in [1.165, 1.54) is 12.7 Å². The van der Waals surface area contributed by atoms with Gasteiger partial charge in [-0.05, 0) is 12.8 Å². The molecule has 4 N–H and O–H groups in total. The first-order valence-corrected chi connectivity index (χ1v) is 7.07. The minimum Gasteiger partial charge on any atom is -0.447 e. The zero-order chi connectivity index (χ0) is 14.2. The Kier molecular flexibility index (Phi) is 3.16. The number of carbonyl (C=O) groups excluding carboxylic acids is 1. The fraction of sp³-hybridized carbons (Fsp3) is 0.571. The molecule has 0 bridgehead atoms. The molecule has 1 aliphatic carbocycles. The molecule has 20 heavy (non-hydrogen) atoms. The monoisotopic (exact) mass is 276 g/mol. The van der Waals surface area contributed by atoms with Crippen molar-refractivity contribution >= 4 is 11.7 Å². The number of piperazine rings is 1. The van der Waals surface area contributed by atoms with Crippen molar-refractivity contribution in [3.8, 4) is 0 Å². The molecule has 108 valence electrons. The lowest BCUT2D eigenvalue weighted by atomic mass is 9.78. The number of hydrogen-bond donors (Lipinski definition) is 3. The summed E-state index contributed by atoms with van der Waals surface area (Å²) in [6.07, 6.45) is 6.96. The Morgan fingerprint density at radius 2 is 2.20 bits per heavy atom. The van der Waals surface area contributed by atoms with Crippen molar-refractivity contribution < 1.29 is 9.21 Å². The summed E-state index contributed by atoms with van der Waals surface area (Å²) in [5.74, 6) is 0.925. The number of nitrogen functional groups attached to an aromatic ring is 1. The lowest BCUT2D eigenvalue weighted by molar-refractivity contribution is -0.131. The van der Waals surface area contributed by atoms with Crippen LogP contribution in [0.3, 0.4) is 0 Å². The van der Waals surface area contributed by atoms with Crippen LogP contribution in [-0.4, -0.2) is 22.5 Å². The maximum atomic E-state index is 12.4. The van der Waals surface area contributed by atoms with Crippen molar-refractivity contribution in [3.63, 3.8) is 0 Å². The molecule has 1 saturated heterocycles. The van der Waals surface area contributed by atoms with Crippen LogP contribution >= 0.6 is 0 Å². The Morgan fingerprint density at radius 1 is 1.45 bits per heavy atom. The Morgan fingerprint density at radius 3 is 2.85 bits per heavy atom. The van der Waals surface area contributed by atoms with E-state index >= 15 is 0 Å². The second-order valence-electron chi connectivity index (χ2n) is 5.69. The van der Waals surface area contributed by atoms with Crippen LogP contribution in [0.5, 0.6) is 0 Å². The van der Waals surface area contributed by atoms with Gasteiger partial charge in [0.15, 0.2) is 11.7 Å². The Balaban J connectivity index is 1.71. The van der Waals surface area contributed by atoms with E-state index in [0.717, 1.165) is 31.4 Å². The normalized spacial score (nSPS) is 25.3. The van der Waals surface area contributed by atoms with Crippen LogP contribution < -0.4 is 16.4 Å². The number of anilines is 1. The third kappa shape index (κ3) is 2.26. The van der Waals surface area contributed by atoms with E-state index in [9.17, 15) is 4.79 Å². The van der Waals surface area contributed by atoms with Gasteiger partial charge in [-0.25, -0.2) is 0 Å². The molecule has 1 amide bonds. The number of nitrogens with one attached hydrogen (secondary N) is 2. The maximum absolute atomic E-state index is 12.4. The molecular formula is C14H20N4O2. The molecule has 1 spiro atoms. The molecule has 1 saturated carbocycles. The van der Waals surface area contributed by atoms with Crippen molar-refractivity contribution in [2.75, 3.05) is 5.73 Å². The molecule has 0 aromatic carbocycles. The standard InChI is InChI=1S/C14H20N4O2/c1-9-10(7-12-17-11(15)8-20-12)16-13(19)14(18-9)5-3-2-4-6-14/h8,10,18H,1-7,15H2,(H,16,19). The van der Waals surface area contributed by atoms with Gasteiger partial charge in [-0.15, -0.1) is 0 Å². The van der Waals surface area contributed by atoms with Gasteiger partial charge in [0, 0.05) is 5.70 Å². The third-order valence-electron chi connectivity index (χ3n) is 4.22. The molecule has 2 heterocycles. The highest BCUT2D eigenvalue weighted by Crippen LogP contribution is 2.32. The average Bonchev–Trinajstić information content (AvgIpc) is 2.83. The lowest BCUT2D eigenvalue weighted by Crippen LogP contribution is -2.66. The summed E-state index contributed by atoms with van der Waals surface area (Å²) in [5, 5.41) is 6.39. The van der Waals surface area contributed by atoms with E-state index in [4.69, 9.17) is 10.2 Å². The van der Waals surface area contributed by atoms with E-state index in [2.05, 4.69) is 22.2 Å². The van der Waals surface area contributed by atoms with Gasteiger partial charge in [0.25, 0.3) is 0 Å².